The van der Waals surface area contributed by atoms with Gasteiger partial charge in [-0.05, 0) is 78.4 Å². The van der Waals surface area contributed by atoms with E-state index in [2.05, 4.69) is 0 Å². The second kappa shape index (κ2) is 14.6. The molecule has 4 aromatic rings. The average Bonchev–Trinajstić information content (AvgIpc) is 3.31. The Morgan fingerprint density at radius 3 is 2.02 bits per heavy atom. The maximum Gasteiger partial charge on any atom is 0.307 e. The summed E-state index contributed by atoms with van der Waals surface area (Å²) in [7, 11) is 1.64. The number of benzene rings is 3. The Bertz CT molecular complexity index is 1470. The molecule has 0 unspecified atom stereocenters. The number of aromatic nitrogens is 1. The van der Waals surface area contributed by atoms with E-state index in [1.54, 1.807) is 7.11 Å². The Balaban J connectivity index is 1.32. The fourth-order valence-electron chi connectivity index (χ4n) is 4.61. The quantitative estimate of drug-likeness (QED) is 0.119. The number of hydrogen-bond donors (Lipinski definition) is 2. The second-order valence-electron chi connectivity index (χ2n) is 9.64. The summed E-state index contributed by atoms with van der Waals surface area (Å²) in [6.07, 6.45) is 7.97. The molecule has 3 aromatic carbocycles. The first-order valence-electron chi connectivity index (χ1n) is 13.6. The summed E-state index contributed by atoms with van der Waals surface area (Å²) in [4.78, 5) is 22.5. The molecule has 0 radical (unpaired) electrons. The van der Waals surface area contributed by atoms with E-state index in [1.807, 2.05) is 89.6 Å². The molecule has 0 atom stereocenters. The van der Waals surface area contributed by atoms with Crippen LogP contribution in [-0.4, -0.2) is 47.0 Å². The highest BCUT2D eigenvalue weighted by molar-refractivity contribution is 5.96. The number of rotatable bonds is 16. The Morgan fingerprint density at radius 2 is 1.41 bits per heavy atom. The number of aryl methyl sites for hydroxylation is 1. The molecule has 0 amide bonds. The number of carboxylic acid groups (broad SMARTS) is 2. The molecule has 4 rings (SSSR count). The Hall–Kier alpha value is -4.72. The zero-order valence-corrected chi connectivity index (χ0v) is 23.1. The first-order chi connectivity index (χ1) is 19.9. The van der Waals surface area contributed by atoms with Crippen LogP contribution in [0.1, 0.15) is 42.4 Å². The standard InChI is InChI=1S/C33H35NO7/c1-39-27-15-17-29(18-16-27)41-21-3-2-20-40-28-13-10-24(11-14-28)9-12-25-6-4-7-30-33(25)26(22-32(37)38)23-34(30)19-5-8-31(35)36/h4,6-7,9-18,23H,2-3,5,8,19-22H2,1H3,(H,35,36)(H,37,38)/b12-9+. The van der Waals surface area contributed by atoms with Gasteiger partial charge < -0.3 is 29.0 Å². The number of ether oxygens (including phenoxy) is 3. The van der Waals surface area contributed by atoms with Gasteiger partial charge in [0.1, 0.15) is 17.2 Å². The minimum atomic E-state index is -0.909. The van der Waals surface area contributed by atoms with E-state index in [9.17, 15) is 14.7 Å². The number of carbonyl (C=O) groups is 2. The molecule has 2 N–H and O–H groups in total. The van der Waals surface area contributed by atoms with Crippen molar-refractivity contribution in [2.75, 3.05) is 20.3 Å². The lowest BCUT2D eigenvalue weighted by atomic mass is 10.0. The summed E-state index contributed by atoms with van der Waals surface area (Å²) in [6.45, 7) is 1.72. The number of nitrogens with zero attached hydrogens (tertiary/aromatic N) is 1. The number of aliphatic carboxylic acids is 2. The van der Waals surface area contributed by atoms with Crippen molar-refractivity contribution < 1.29 is 34.0 Å². The number of fused-ring (bicyclic) bond motifs is 1. The summed E-state index contributed by atoms with van der Waals surface area (Å²) in [5.74, 6) is 0.660. The summed E-state index contributed by atoms with van der Waals surface area (Å²) in [5, 5.41) is 19.3. The lowest BCUT2D eigenvalue weighted by molar-refractivity contribution is -0.137. The molecule has 214 valence electrons. The normalized spacial score (nSPS) is 11.1. The predicted molar refractivity (Wildman–Crippen MR) is 159 cm³/mol. The van der Waals surface area contributed by atoms with Gasteiger partial charge >= 0.3 is 11.9 Å². The van der Waals surface area contributed by atoms with E-state index in [-0.39, 0.29) is 12.8 Å². The maximum absolute atomic E-state index is 11.5. The van der Waals surface area contributed by atoms with E-state index >= 15 is 0 Å². The molecule has 8 heteroatoms. The van der Waals surface area contributed by atoms with Gasteiger partial charge in [0.25, 0.3) is 0 Å². The fraction of sp³-hybridized carbons (Fsp3) is 0.273. The molecule has 41 heavy (non-hydrogen) atoms. The van der Waals surface area contributed by atoms with Gasteiger partial charge in [-0.2, -0.15) is 0 Å². The second-order valence-corrected chi connectivity index (χ2v) is 9.64. The van der Waals surface area contributed by atoms with Crippen LogP contribution in [0.4, 0.5) is 0 Å². The van der Waals surface area contributed by atoms with E-state index in [4.69, 9.17) is 19.3 Å². The zero-order valence-electron chi connectivity index (χ0n) is 23.1. The molecule has 0 fully saturated rings. The third-order valence-corrected chi connectivity index (χ3v) is 6.62. The summed E-state index contributed by atoms with van der Waals surface area (Å²) in [5.41, 5.74) is 3.50. The van der Waals surface area contributed by atoms with Crippen LogP contribution in [0.15, 0.2) is 72.9 Å². The largest absolute Gasteiger partial charge is 0.497 e. The predicted octanol–water partition coefficient (Wildman–Crippen LogP) is 6.55. The molecule has 0 aliphatic rings. The van der Waals surface area contributed by atoms with Crippen LogP contribution < -0.4 is 14.2 Å². The van der Waals surface area contributed by atoms with Crippen LogP contribution in [0.2, 0.25) is 0 Å². The van der Waals surface area contributed by atoms with Gasteiger partial charge in [0, 0.05) is 30.1 Å². The summed E-state index contributed by atoms with van der Waals surface area (Å²) < 4.78 is 18.7. The lowest BCUT2D eigenvalue weighted by Gasteiger charge is -2.08. The highest BCUT2D eigenvalue weighted by Crippen LogP contribution is 2.28. The van der Waals surface area contributed by atoms with Crippen LogP contribution in [0, 0.1) is 0 Å². The number of unbranched alkanes of at least 4 members (excludes halogenated alkanes) is 1. The molecule has 0 aliphatic heterocycles. The topological polar surface area (TPSA) is 107 Å². The molecule has 1 aromatic heterocycles. The smallest absolute Gasteiger partial charge is 0.307 e. The van der Waals surface area contributed by atoms with Gasteiger partial charge in [-0.25, -0.2) is 0 Å². The van der Waals surface area contributed by atoms with Gasteiger partial charge in [0.15, 0.2) is 0 Å². The van der Waals surface area contributed by atoms with Gasteiger partial charge in [0.2, 0.25) is 0 Å². The van der Waals surface area contributed by atoms with Crippen LogP contribution in [0.5, 0.6) is 17.2 Å². The average molecular weight is 558 g/mol. The summed E-state index contributed by atoms with van der Waals surface area (Å²) >= 11 is 0. The van der Waals surface area contributed by atoms with Crippen molar-refractivity contribution in [3.63, 3.8) is 0 Å². The Morgan fingerprint density at radius 1 is 0.780 bits per heavy atom. The zero-order chi connectivity index (χ0) is 29.0. The van der Waals surface area contributed by atoms with E-state index < -0.39 is 11.9 Å². The van der Waals surface area contributed by atoms with Crippen molar-refractivity contribution >= 4 is 35.0 Å². The van der Waals surface area contributed by atoms with Crippen LogP contribution in [0.3, 0.4) is 0 Å². The van der Waals surface area contributed by atoms with E-state index in [0.29, 0.717) is 31.7 Å². The van der Waals surface area contributed by atoms with Crippen LogP contribution in [-0.2, 0) is 22.6 Å². The fourth-order valence-corrected chi connectivity index (χ4v) is 4.61. The highest BCUT2D eigenvalue weighted by Gasteiger charge is 2.14. The molecule has 0 spiro atoms. The van der Waals surface area contributed by atoms with Crippen molar-refractivity contribution in [1.29, 1.82) is 0 Å². The molecule has 0 saturated heterocycles. The number of hydrogen-bond acceptors (Lipinski definition) is 5. The highest BCUT2D eigenvalue weighted by atomic mass is 16.5. The minimum Gasteiger partial charge on any atom is -0.497 e. The van der Waals surface area contributed by atoms with E-state index in [1.165, 1.54) is 0 Å². The van der Waals surface area contributed by atoms with Gasteiger partial charge in [0.05, 0.1) is 26.7 Å². The number of carboxylic acids is 2. The molecular weight excluding hydrogens is 522 g/mol. The minimum absolute atomic E-state index is 0.0617. The lowest BCUT2D eigenvalue weighted by Crippen LogP contribution is -2.02. The van der Waals surface area contributed by atoms with Crippen molar-refractivity contribution in [1.82, 2.24) is 4.57 Å². The van der Waals surface area contributed by atoms with Gasteiger partial charge in [-0.3, -0.25) is 9.59 Å². The molecular formula is C33H35NO7. The molecule has 0 saturated carbocycles. The number of methoxy groups -OCH3 is 1. The van der Waals surface area contributed by atoms with Crippen molar-refractivity contribution in [3.8, 4) is 17.2 Å². The molecule has 0 aliphatic carbocycles. The SMILES string of the molecule is COc1ccc(OCCCCOc2ccc(/C=C/c3cccc4c3c(CC(=O)O)cn4CCCC(=O)O)cc2)cc1. The third-order valence-electron chi connectivity index (χ3n) is 6.62. The monoisotopic (exact) mass is 557 g/mol. The molecule has 0 bridgehead atoms. The summed E-state index contributed by atoms with van der Waals surface area (Å²) in [6, 6.07) is 21.2. The molecule has 8 nitrogen and oxygen atoms in total. The Kier molecular flexibility index (Phi) is 10.4. The first-order valence-corrected chi connectivity index (χ1v) is 13.6. The first kappa shape index (κ1) is 29.3. The van der Waals surface area contributed by atoms with Crippen LogP contribution >= 0.6 is 0 Å². The van der Waals surface area contributed by atoms with Crippen molar-refractivity contribution in [2.45, 2.75) is 38.6 Å². The van der Waals surface area contributed by atoms with Gasteiger partial charge in [-0.1, -0.05) is 36.4 Å². The maximum atomic E-state index is 11.5. The third kappa shape index (κ3) is 8.63. The Labute approximate surface area is 239 Å². The van der Waals surface area contributed by atoms with E-state index in [0.717, 1.165) is 52.1 Å². The van der Waals surface area contributed by atoms with Crippen molar-refractivity contribution in [3.05, 3.63) is 89.6 Å². The van der Waals surface area contributed by atoms with Crippen molar-refractivity contribution in [2.24, 2.45) is 0 Å². The molecule has 1 heterocycles. The van der Waals surface area contributed by atoms with Gasteiger partial charge in [-0.15, -0.1) is 0 Å². The van der Waals surface area contributed by atoms with Crippen LogP contribution in [0.25, 0.3) is 23.1 Å².